The Bertz CT molecular complexity index is 6540. The fourth-order valence-electron chi connectivity index (χ4n) is 19.3. The average molecular weight is 2590 g/mol. The zero-order valence-corrected chi connectivity index (χ0v) is 89.8. The zero-order valence-electron chi connectivity index (χ0n) is 80.2. The van der Waals surface area contributed by atoms with Crippen molar-refractivity contribution < 1.29 is 93.6 Å². The number of halogens is 3. The average Bonchev–Trinajstić information content (AvgIpc) is 1.47. The maximum absolute atomic E-state index is 13.7. The molecule has 0 unspecified atom stereocenters. The van der Waals surface area contributed by atoms with Crippen LogP contribution in [0.5, 0.6) is 0 Å². The van der Waals surface area contributed by atoms with E-state index < -0.39 is 0 Å². The molecule has 15 heteroatoms. The van der Waals surface area contributed by atoms with Gasteiger partial charge in [-0.3, -0.25) is 33.1 Å². The van der Waals surface area contributed by atoms with Crippen molar-refractivity contribution in [2.75, 3.05) is 0 Å². The number of rotatable bonds is 23. The van der Waals surface area contributed by atoms with Gasteiger partial charge in [0.05, 0.1) is 23.3 Å². The first-order valence-corrected chi connectivity index (χ1v) is 47.8. The second-order valence-electron chi connectivity index (χ2n) is 37.7. The first-order valence-electron chi connectivity index (χ1n) is 47.8. The molecule has 0 saturated heterocycles. The number of aromatic nitrogens is 8. The summed E-state index contributed by atoms with van der Waals surface area (Å²) in [6.45, 7) is 27.0. The van der Waals surface area contributed by atoms with Crippen LogP contribution in [0.3, 0.4) is 0 Å². The quantitative estimate of drug-likeness (QED) is 0.0598. The van der Waals surface area contributed by atoms with Gasteiger partial charge in [0.1, 0.15) is 0 Å². The molecule has 2 saturated carbocycles. The van der Waals surface area contributed by atoms with Gasteiger partial charge in [-0.15, -0.1) is 125 Å². The van der Waals surface area contributed by atoms with Crippen LogP contribution in [0.1, 0.15) is 257 Å². The van der Waals surface area contributed by atoms with Gasteiger partial charge in [0.25, 0.3) is 0 Å². The minimum absolute atomic E-state index is 0. The molecule has 4 heterocycles. The Morgan fingerprint density at radius 1 is 0.277 bits per heavy atom. The van der Waals surface area contributed by atoms with Crippen molar-refractivity contribution in [3.05, 3.63) is 409 Å². The number of hydrogen-bond donors (Lipinski definition) is 0. The number of imidazole rings is 4. The standard InChI is InChI=1S/C33H34FN2.C33H31N2.C29H30FN2.C27H26FN2.4CH4.4Ir/c34-29-18-16-27(17-19-29)33-35-20-21-36(33)32-30(25-12-6-2-7-13-25)22-28(24-10-4-1-5-11-24)23-31(32)26-14-8-3-9-15-26;1-23(2)30-21-29(28-17-11-16-27(20-28)25-12-7-5-8-13-25)22-31(24(3)4)32(30)35-19-18-34-33(35)26-14-9-6-10-15-26;1-20(2)16-25-18-24(22-8-6-5-7-9-22)19-26(17-21(3)4)28(25)32-15-14-31-29(32)23-10-12-27(30)13-11-23;1-18(2)24-16-22(20-8-6-5-7-9-20)17-25(19(3)4)26(24)30-15-14-29-27(30)21-10-12-23(28)13-11-21;;;;;;;;/h1,4-5,10-11,16,18-23,25-26H,2-3,6-9,12-15H2;5-14,16-24H,1-4H3;5-10,12-15,18-21H,16-17H2,1-4H3;5-10,12-19H,1-4H3;4*1H4;;;;/q4*-1;;;;;;;;. The molecule has 2 fully saturated rings. The molecule has 4 aromatic heterocycles. The topological polar surface area (TPSA) is 71.3 Å². The number of nitrogens with zero attached hydrogens (tertiary/aromatic N) is 8. The molecule has 13 aromatic carbocycles. The van der Waals surface area contributed by atoms with Crippen LogP contribution in [0.4, 0.5) is 13.2 Å². The Kier molecular flexibility index (Phi) is 44.6. The third-order valence-corrected chi connectivity index (χ3v) is 25.8. The van der Waals surface area contributed by atoms with Gasteiger partial charge < -0.3 is 18.3 Å². The Labute approximate surface area is 893 Å². The van der Waals surface area contributed by atoms with E-state index >= 15 is 0 Å². The Hall–Kier alpha value is -10.9. The van der Waals surface area contributed by atoms with E-state index in [4.69, 9.17) is 9.97 Å². The van der Waals surface area contributed by atoms with Crippen molar-refractivity contribution in [1.82, 2.24) is 38.2 Å². The summed E-state index contributed by atoms with van der Waals surface area (Å²) in [5.74, 6) is 5.95. The van der Waals surface area contributed by atoms with Crippen LogP contribution in [0.15, 0.2) is 323 Å². The van der Waals surface area contributed by atoms with Gasteiger partial charge >= 0.3 is 0 Å². The van der Waals surface area contributed by atoms with E-state index in [2.05, 4.69) is 342 Å². The second kappa shape index (κ2) is 54.5. The van der Waals surface area contributed by atoms with Crippen molar-refractivity contribution in [3.8, 4) is 124 Å². The summed E-state index contributed by atoms with van der Waals surface area (Å²) >= 11 is 0. The van der Waals surface area contributed by atoms with Gasteiger partial charge in [-0.05, 0) is 241 Å². The molecule has 0 spiro atoms. The van der Waals surface area contributed by atoms with Crippen molar-refractivity contribution in [1.29, 1.82) is 0 Å². The summed E-state index contributed by atoms with van der Waals surface area (Å²) < 4.78 is 49.5. The minimum atomic E-state index is -0.296. The van der Waals surface area contributed by atoms with Gasteiger partial charge in [0.2, 0.25) is 0 Å². The first-order chi connectivity index (χ1) is 64.7. The largest absolute Gasteiger partial charge is 0.340 e. The van der Waals surface area contributed by atoms with Crippen LogP contribution in [0.2, 0.25) is 0 Å². The fraction of sp³-hybridized carbons (Fsp3) is 0.286. The molecule has 742 valence electrons. The van der Waals surface area contributed by atoms with Crippen LogP contribution in [0.25, 0.3) is 124 Å². The van der Waals surface area contributed by atoms with Crippen molar-refractivity contribution >= 4 is 0 Å². The maximum atomic E-state index is 13.7. The zero-order chi connectivity index (χ0) is 92.6. The van der Waals surface area contributed by atoms with E-state index in [1.165, 1.54) is 218 Å². The third-order valence-electron chi connectivity index (χ3n) is 25.8. The Morgan fingerprint density at radius 3 is 0.858 bits per heavy atom. The molecule has 0 bridgehead atoms. The summed E-state index contributed by atoms with van der Waals surface area (Å²) in [7, 11) is 0. The molecule has 0 aliphatic heterocycles. The molecule has 141 heavy (non-hydrogen) atoms. The Balaban J connectivity index is 0.000000226. The molecule has 2 aliphatic rings. The van der Waals surface area contributed by atoms with Crippen LogP contribution in [-0.4, -0.2) is 38.2 Å². The van der Waals surface area contributed by atoms with Crippen molar-refractivity contribution in [3.63, 3.8) is 0 Å². The summed E-state index contributed by atoms with van der Waals surface area (Å²) in [4.78, 5) is 18.7. The molecular weight excluding hydrogens is 2450 g/mol. The van der Waals surface area contributed by atoms with E-state index in [0.29, 0.717) is 47.3 Å². The van der Waals surface area contributed by atoms with Crippen molar-refractivity contribution in [2.45, 2.75) is 225 Å². The first kappa shape index (κ1) is 115. The monoisotopic (exact) mass is 2590 g/mol. The van der Waals surface area contributed by atoms with Crippen LogP contribution < -0.4 is 0 Å². The van der Waals surface area contributed by atoms with Crippen LogP contribution >= 0.6 is 0 Å². The molecular formula is C126H137F3Ir4N8-4. The predicted octanol–water partition coefficient (Wildman–Crippen LogP) is 35.6. The smallest absolute Gasteiger partial charge is 0.0602 e. The summed E-state index contributed by atoms with van der Waals surface area (Å²) in [6.07, 6.45) is 30.3. The molecule has 17 aromatic rings. The van der Waals surface area contributed by atoms with Gasteiger partial charge in [0.15, 0.2) is 0 Å². The van der Waals surface area contributed by atoms with Crippen LogP contribution in [0, 0.1) is 53.6 Å². The molecule has 8 nitrogen and oxygen atoms in total. The summed E-state index contributed by atoms with van der Waals surface area (Å²) in [5.41, 5.74) is 31.5. The molecule has 0 N–H and O–H groups in total. The second-order valence-corrected chi connectivity index (χ2v) is 37.7. The molecule has 2 aliphatic carbocycles. The molecule has 4 radical (unpaired) electrons. The summed E-state index contributed by atoms with van der Waals surface area (Å²) in [5, 5.41) is 0. The predicted molar refractivity (Wildman–Crippen MR) is 570 cm³/mol. The van der Waals surface area contributed by atoms with E-state index in [9.17, 15) is 13.2 Å². The number of benzene rings is 13. The molecule has 0 atom stereocenters. The van der Waals surface area contributed by atoms with Gasteiger partial charge in [-0.25, -0.2) is 0 Å². The van der Waals surface area contributed by atoms with Gasteiger partial charge in [-0.2, -0.15) is 0 Å². The third kappa shape index (κ3) is 28.0. The van der Waals surface area contributed by atoms with E-state index in [1.807, 2.05) is 55.2 Å². The maximum Gasteiger partial charge on any atom is 0.0602 e. The van der Waals surface area contributed by atoms with Crippen molar-refractivity contribution in [2.24, 2.45) is 11.8 Å². The van der Waals surface area contributed by atoms with Gasteiger partial charge in [0, 0.05) is 170 Å². The van der Waals surface area contributed by atoms with E-state index in [1.54, 1.807) is 24.4 Å². The molecule has 19 rings (SSSR count). The van der Waals surface area contributed by atoms with E-state index in [-0.39, 0.29) is 128 Å². The fourth-order valence-corrected chi connectivity index (χ4v) is 19.3. The van der Waals surface area contributed by atoms with Gasteiger partial charge in [-0.1, -0.05) is 291 Å². The van der Waals surface area contributed by atoms with Crippen LogP contribution in [-0.2, 0) is 93.3 Å². The summed E-state index contributed by atoms with van der Waals surface area (Å²) in [6, 6.07) is 105. The van der Waals surface area contributed by atoms with E-state index in [0.717, 1.165) is 64.1 Å². The minimum Gasteiger partial charge on any atom is -0.340 e. The normalized spacial score (nSPS) is 12.3. The molecule has 0 amide bonds. The Morgan fingerprint density at radius 2 is 0.553 bits per heavy atom. The number of hydrogen-bond acceptors (Lipinski definition) is 4. The SMILES string of the molecule is C.C.C.C.CC(C)Cc1cc(-c2ccccc2)cc(CC(C)C)c1-n1ccnc1-c1[c-]cc(F)cc1.CC(C)c1cc(-c2cccc(-c3ccccc3)c2)cc(C(C)C)c1-n1ccnc1-c1[c-]cccc1.CC(C)c1cc(-c2ccccc2)cc(C(C)C)c1-n1ccnc1-c1[c-]cc(F)cc1.Fc1c[c-]c(-c2nccn2-c2c(C3CCCCC3)cc(-c3ccccc3)cc2C2CCCCC2)cc1.[Ir].[Ir].[Ir].[Ir].